The minimum Gasteiger partial charge on any atom is -0.345 e. The average Bonchev–Trinajstić information content (AvgIpc) is 2.51. The molecule has 2 aromatic carbocycles. The van der Waals surface area contributed by atoms with Gasteiger partial charge in [0.05, 0.1) is 0 Å². The number of amides is 2. The molecule has 0 bridgehead atoms. The lowest BCUT2D eigenvalue weighted by molar-refractivity contribution is -0.111. The fourth-order valence-corrected chi connectivity index (χ4v) is 2.40. The number of aryl methyl sites for hydroxylation is 2. The van der Waals surface area contributed by atoms with Gasteiger partial charge in [0.25, 0.3) is 5.91 Å². The van der Waals surface area contributed by atoms with Crippen LogP contribution in [0.5, 0.6) is 0 Å². The van der Waals surface area contributed by atoms with Gasteiger partial charge in [0.15, 0.2) is 0 Å². The van der Waals surface area contributed by atoms with Crippen LogP contribution in [0.3, 0.4) is 0 Å². The molecule has 4 heteroatoms. The number of carbonyl (C=O) groups excluding carboxylic acids is 2. The average molecular weight is 322 g/mol. The van der Waals surface area contributed by atoms with Gasteiger partial charge in [-0.2, -0.15) is 0 Å². The summed E-state index contributed by atoms with van der Waals surface area (Å²) in [5, 5.41) is 2.85. The van der Waals surface area contributed by atoms with Gasteiger partial charge in [-0.15, -0.1) is 0 Å². The van der Waals surface area contributed by atoms with Gasteiger partial charge in [-0.05, 0) is 60.9 Å². The molecule has 0 saturated carbocycles. The van der Waals surface area contributed by atoms with Crippen LogP contribution in [0.25, 0.3) is 6.08 Å². The zero-order chi connectivity index (χ0) is 17.7. The van der Waals surface area contributed by atoms with Crippen LogP contribution in [0.2, 0.25) is 0 Å². The molecule has 24 heavy (non-hydrogen) atoms. The van der Waals surface area contributed by atoms with E-state index in [4.69, 9.17) is 0 Å². The van der Waals surface area contributed by atoms with Crippen molar-refractivity contribution in [1.82, 2.24) is 4.90 Å². The van der Waals surface area contributed by atoms with Crippen molar-refractivity contribution < 1.29 is 9.59 Å². The minimum atomic E-state index is -0.187. The number of nitrogens with zero attached hydrogens (tertiary/aromatic N) is 1. The number of nitrogens with one attached hydrogen (secondary N) is 1. The SMILES string of the molecule is Cc1cc(C)cc(NC(=O)/C=C/c2ccc(C(=O)N(C)C)cc2)c1. The topological polar surface area (TPSA) is 49.4 Å². The Morgan fingerprint density at radius 3 is 2.08 bits per heavy atom. The molecule has 0 aliphatic heterocycles. The Hall–Kier alpha value is -2.88. The largest absolute Gasteiger partial charge is 0.345 e. The van der Waals surface area contributed by atoms with Crippen LogP contribution in [-0.4, -0.2) is 30.8 Å². The summed E-state index contributed by atoms with van der Waals surface area (Å²) in [7, 11) is 3.43. The zero-order valence-corrected chi connectivity index (χ0v) is 14.5. The highest BCUT2D eigenvalue weighted by Crippen LogP contribution is 2.14. The molecular weight excluding hydrogens is 300 g/mol. The number of carbonyl (C=O) groups is 2. The van der Waals surface area contributed by atoms with Gasteiger partial charge in [-0.25, -0.2) is 0 Å². The van der Waals surface area contributed by atoms with Gasteiger partial charge in [-0.3, -0.25) is 9.59 Å². The van der Waals surface area contributed by atoms with E-state index in [-0.39, 0.29) is 11.8 Å². The molecule has 0 heterocycles. The molecule has 0 aliphatic rings. The van der Waals surface area contributed by atoms with Gasteiger partial charge in [0.2, 0.25) is 5.91 Å². The second kappa shape index (κ2) is 7.59. The smallest absolute Gasteiger partial charge is 0.253 e. The fraction of sp³-hybridized carbons (Fsp3) is 0.200. The quantitative estimate of drug-likeness (QED) is 0.873. The maximum atomic E-state index is 12.0. The first kappa shape index (κ1) is 17.5. The molecule has 0 saturated heterocycles. The molecule has 0 spiro atoms. The first-order valence-corrected chi connectivity index (χ1v) is 7.74. The summed E-state index contributed by atoms with van der Waals surface area (Å²) in [4.78, 5) is 25.4. The molecule has 0 radical (unpaired) electrons. The first-order chi connectivity index (χ1) is 11.3. The van der Waals surface area contributed by atoms with E-state index in [9.17, 15) is 9.59 Å². The zero-order valence-electron chi connectivity index (χ0n) is 14.5. The Bertz CT molecular complexity index is 754. The molecule has 2 amide bonds. The van der Waals surface area contributed by atoms with Crippen molar-refractivity contribution in [1.29, 1.82) is 0 Å². The molecule has 0 aliphatic carbocycles. The van der Waals surface area contributed by atoms with E-state index in [0.717, 1.165) is 22.4 Å². The van der Waals surface area contributed by atoms with Gasteiger partial charge in [0, 0.05) is 31.4 Å². The van der Waals surface area contributed by atoms with E-state index < -0.39 is 0 Å². The summed E-state index contributed by atoms with van der Waals surface area (Å²) in [6.45, 7) is 3.99. The lowest BCUT2D eigenvalue weighted by atomic mass is 10.1. The van der Waals surface area contributed by atoms with E-state index in [1.165, 1.54) is 11.0 Å². The van der Waals surface area contributed by atoms with Crippen LogP contribution in [0.1, 0.15) is 27.0 Å². The van der Waals surface area contributed by atoms with Crippen molar-refractivity contribution >= 4 is 23.6 Å². The number of anilines is 1. The highest BCUT2D eigenvalue weighted by Gasteiger charge is 2.06. The first-order valence-electron chi connectivity index (χ1n) is 7.74. The van der Waals surface area contributed by atoms with Crippen LogP contribution in [0.15, 0.2) is 48.5 Å². The molecule has 4 nitrogen and oxygen atoms in total. The second-order valence-corrected chi connectivity index (χ2v) is 6.02. The van der Waals surface area contributed by atoms with Gasteiger partial charge >= 0.3 is 0 Å². The molecule has 1 N–H and O–H groups in total. The number of rotatable bonds is 4. The summed E-state index contributed by atoms with van der Waals surface area (Å²) in [6.07, 6.45) is 3.21. The Morgan fingerprint density at radius 1 is 0.958 bits per heavy atom. The van der Waals surface area contributed by atoms with Crippen molar-refractivity contribution in [2.45, 2.75) is 13.8 Å². The molecule has 0 unspecified atom stereocenters. The number of hydrogen-bond acceptors (Lipinski definition) is 2. The standard InChI is InChI=1S/C20H22N2O2/c1-14-11-15(2)13-18(12-14)21-19(23)10-7-16-5-8-17(9-6-16)20(24)22(3)4/h5-13H,1-4H3,(H,21,23)/b10-7+. The predicted molar refractivity (Wildman–Crippen MR) is 98.0 cm³/mol. The van der Waals surface area contributed by atoms with Crippen LogP contribution >= 0.6 is 0 Å². The van der Waals surface area contributed by atoms with Crippen molar-refractivity contribution in [2.75, 3.05) is 19.4 Å². The van der Waals surface area contributed by atoms with Crippen LogP contribution < -0.4 is 5.32 Å². The maximum Gasteiger partial charge on any atom is 0.253 e. The summed E-state index contributed by atoms with van der Waals surface area (Å²) in [5.74, 6) is -0.230. The van der Waals surface area contributed by atoms with Crippen molar-refractivity contribution in [3.63, 3.8) is 0 Å². The van der Waals surface area contributed by atoms with Crippen molar-refractivity contribution in [3.8, 4) is 0 Å². The van der Waals surface area contributed by atoms with Crippen LogP contribution in [0.4, 0.5) is 5.69 Å². The summed E-state index contributed by atoms with van der Waals surface area (Å²) >= 11 is 0. The third-order valence-electron chi connectivity index (χ3n) is 3.48. The van der Waals surface area contributed by atoms with Crippen molar-refractivity contribution in [3.05, 3.63) is 70.8 Å². The normalized spacial score (nSPS) is 10.7. The van der Waals surface area contributed by atoms with Gasteiger partial charge < -0.3 is 10.2 Å². The fourth-order valence-electron chi connectivity index (χ4n) is 2.40. The minimum absolute atomic E-state index is 0.0434. The summed E-state index contributed by atoms with van der Waals surface area (Å²) in [5.41, 5.74) is 4.48. The van der Waals surface area contributed by atoms with E-state index in [1.54, 1.807) is 32.3 Å². The third kappa shape index (κ3) is 4.81. The van der Waals surface area contributed by atoms with Crippen LogP contribution in [0, 0.1) is 13.8 Å². The maximum absolute atomic E-state index is 12.0. The molecule has 0 fully saturated rings. The summed E-state index contributed by atoms with van der Waals surface area (Å²) in [6, 6.07) is 13.1. The van der Waals surface area contributed by atoms with E-state index >= 15 is 0 Å². The monoisotopic (exact) mass is 322 g/mol. The lowest BCUT2D eigenvalue weighted by Crippen LogP contribution is -2.21. The Morgan fingerprint density at radius 2 is 1.54 bits per heavy atom. The van der Waals surface area contributed by atoms with E-state index in [2.05, 4.69) is 11.4 Å². The van der Waals surface area contributed by atoms with Gasteiger partial charge in [-0.1, -0.05) is 18.2 Å². The Balaban J connectivity index is 2.02. The van der Waals surface area contributed by atoms with Crippen molar-refractivity contribution in [2.24, 2.45) is 0 Å². The Labute approximate surface area is 142 Å². The third-order valence-corrected chi connectivity index (χ3v) is 3.48. The summed E-state index contributed by atoms with van der Waals surface area (Å²) < 4.78 is 0. The number of benzene rings is 2. The van der Waals surface area contributed by atoms with Crippen LogP contribution in [-0.2, 0) is 4.79 Å². The molecule has 2 aromatic rings. The highest BCUT2D eigenvalue weighted by atomic mass is 16.2. The Kier molecular flexibility index (Phi) is 5.53. The second-order valence-electron chi connectivity index (χ2n) is 6.02. The molecular formula is C20H22N2O2. The molecule has 124 valence electrons. The lowest BCUT2D eigenvalue weighted by Gasteiger charge is -2.09. The van der Waals surface area contributed by atoms with E-state index in [0.29, 0.717) is 5.56 Å². The molecule has 0 aromatic heterocycles. The number of hydrogen-bond donors (Lipinski definition) is 1. The van der Waals surface area contributed by atoms with Gasteiger partial charge in [0.1, 0.15) is 0 Å². The van der Waals surface area contributed by atoms with E-state index in [1.807, 2.05) is 38.1 Å². The predicted octanol–water partition coefficient (Wildman–Crippen LogP) is 3.66. The molecule has 2 rings (SSSR count). The molecule has 0 atom stereocenters. The highest BCUT2D eigenvalue weighted by molar-refractivity contribution is 6.02.